The second-order valence-electron chi connectivity index (χ2n) is 7.05. The van der Waals surface area contributed by atoms with Gasteiger partial charge in [-0.15, -0.1) is 0 Å². The molecular weight excluding hydrogens is 194 g/mol. The van der Waals surface area contributed by atoms with Gasteiger partial charge in [-0.3, -0.25) is 0 Å². The fourth-order valence-electron chi connectivity index (χ4n) is 3.14. The molecule has 16 heavy (non-hydrogen) atoms. The van der Waals surface area contributed by atoms with E-state index in [1.54, 1.807) is 0 Å². The molecule has 0 saturated heterocycles. The maximum absolute atomic E-state index is 3.83. The number of nitrogens with one attached hydrogen (secondary N) is 1. The van der Waals surface area contributed by atoms with Gasteiger partial charge in [0.25, 0.3) is 0 Å². The summed E-state index contributed by atoms with van der Waals surface area (Å²) in [4.78, 5) is 0. The molecule has 0 amide bonds. The van der Waals surface area contributed by atoms with Crippen molar-refractivity contribution in [3.05, 3.63) is 0 Å². The van der Waals surface area contributed by atoms with Crippen molar-refractivity contribution in [1.82, 2.24) is 5.32 Å². The normalized spacial score (nSPS) is 33.0. The molecule has 0 spiro atoms. The Labute approximate surface area is 101 Å². The molecule has 0 aliphatic heterocycles. The maximum Gasteiger partial charge on any atom is 0.00699 e. The Hall–Kier alpha value is -0.0400. The lowest BCUT2D eigenvalue weighted by molar-refractivity contribution is 0.245. The molecule has 2 saturated carbocycles. The quantitative estimate of drug-likeness (QED) is 0.743. The van der Waals surface area contributed by atoms with E-state index in [4.69, 9.17) is 0 Å². The summed E-state index contributed by atoms with van der Waals surface area (Å²) in [5, 5.41) is 3.83. The highest BCUT2D eigenvalue weighted by atomic mass is 14.9. The lowest BCUT2D eigenvalue weighted by Gasteiger charge is -2.31. The third-order valence-electron chi connectivity index (χ3n) is 4.51. The molecule has 2 aliphatic rings. The van der Waals surface area contributed by atoms with Crippen LogP contribution in [0.4, 0.5) is 0 Å². The van der Waals surface area contributed by atoms with Crippen molar-refractivity contribution >= 4 is 0 Å². The predicted octanol–water partition coefficient (Wildman–Crippen LogP) is 3.98. The van der Waals surface area contributed by atoms with Crippen molar-refractivity contribution in [3.8, 4) is 0 Å². The van der Waals surface area contributed by atoms with E-state index in [9.17, 15) is 0 Å². The second-order valence-corrected chi connectivity index (χ2v) is 7.05. The van der Waals surface area contributed by atoms with Gasteiger partial charge in [0.2, 0.25) is 0 Å². The minimum Gasteiger partial charge on any atom is -0.313 e. The van der Waals surface area contributed by atoms with Crippen molar-refractivity contribution in [2.75, 3.05) is 6.54 Å². The van der Waals surface area contributed by atoms with Crippen LogP contribution in [0.5, 0.6) is 0 Å². The fraction of sp³-hybridized carbons (Fsp3) is 1.00. The Balaban J connectivity index is 1.69. The molecule has 0 aromatic heterocycles. The van der Waals surface area contributed by atoms with Crippen LogP contribution < -0.4 is 5.32 Å². The molecular formula is C15H29N. The first-order chi connectivity index (χ1) is 7.57. The van der Waals surface area contributed by atoms with E-state index in [1.165, 1.54) is 51.5 Å². The molecule has 2 atom stereocenters. The van der Waals surface area contributed by atoms with Gasteiger partial charge in [-0.25, -0.2) is 0 Å². The Morgan fingerprint density at radius 3 is 2.62 bits per heavy atom. The van der Waals surface area contributed by atoms with Gasteiger partial charge in [-0.2, -0.15) is 0 Å². The van der Waals surface area contributed by atoms with Crippen molar-refractivity contribution in [2.45, 2.75) is 71.8 Å². The van der Waals surface area contributed by atoms with Gasteiger partial charge in [-0.05, 0) is 49.4 Å². The number of hydrogen-bond donors (Lipinski definition) is 1. The number of hydrogen-bond acceptors (Lipinski definition) is 1. The summed E-state index contributed by atoms with van der Waals surface area (Å²) < 4.78 is 0. The van der Waals surface area contributed by atoms with Crippen molar-refractivity contribution in [1.29, 1.82) is 0 Å². The monoisotopic (exact) mass is 223 g/mol. The van der Waals surface area contributed by atoms with Gasteiger partial charge in [0.05, 0.1) is 0 Å². The first kappa shape index (κ1) is 12.4. The maximum atomic E-state index is 3.83. The summed E-state index contributed by atoms with van der Waals surface area (Å²) in [6, 6.07) is 0.829. The van der Waals surface area contributed by atoms with Crippen LogP contribution in [0.2, 0.25) is 0 Å². The molecule has 0 radical (unpaired) electrons. The van der Waals surface area contributed by atoms with E-state index in [2.05, 4.69) is 26.1 Å². The lowest BCUT2D eigenvalue weighted by Crippen LogP contribution is -2.37. The molecule has 1 heteroatoms. The summed E-state index contributed by atoms with van der Waals surface area (Å²) in [5.41, 5.74) is 0.672. The Morgan fingerprint density at radius 2 is 2.00 bits per heavy atom. The predicted molar refractivity (Wildman–Crippen MR) is 70.5 cm³/mol. The highest BCUT2D eigenvalue weighted by molar-refractivity contribution is 4.92. The summed E-state index contributed by atoms with van der Waals surface area (Å²) >= 11 is 0. The molecule has 2 rings (SSSR count). The first-order valence-electron chi connectivity index (χ1n) is 7.31. The van der Waals surface area contributed by atoms with Gasteiger partial charge in [0.1, 0.15) is 0 Å². The van der Waals surface area contributed by atoms with Crippen molar-refractivity contribution < 1.29 is 0 Å². The fourth-order valence-corrected chi connectivity index (χ4v) is 3.14. The average Bonchev–Trinajstić information content (AvgIpc) is 2.94. The summed E-state index contributed by atoms with van der Waals surface area (Å²) in [6.45, 7) is 8.42. The average molecular weight is 223 g/mol. The molecule has 0 heterocycles. The first-order valence-corrected chi connectivity index (χ1v) is 7.31. The molecule has 0 aromatic carbocycles. The van der Waals surface area contributed by atoms with Gasteiger partial charge in [0, 0.05) is 12.6 Å². The molecule has 1 nitrogen and oxygen atoms in total. The van der Waals surface area contributed by atoms with E-state index < -0.39 is 0 Å². The van der Waals surface area contributed by atoms with Crippen LogP contribution in [0.25, 0.3) is 0 Å². The van der Waals surface area contributed by atoms with E-state index in [1.807, 2.05) is 0 Å². The smallest absolute Gasteiger partial charge is 0.00699 e. The van der Waals surface area contributed by atoms with Crippen LogP contribution in [0.1, 0.15) is 65.7 Å². The topological polar surface area (TPSA) is 12.0 Å². The summed E-state index contributed by atoms with van der Waals surface area (Å²) in [7, 11) is 0. The molecule has 1 N–H and O–H groups in total. The number of rotatable bonds is 5. The zero-order chi connectivity index (χ0) is 11.6. The summed E-state index contributed by atoms with van der Waals surface area (Å²) in [6.07, 6.45) is 10.1. The standard InChI is InChI=1S/C15H29N/c1-12(2)9-13-5-4-6-14(10-13)16-11-15(3)7-8-15/h12-14,16H,4-11H2,1-3H3. The highest BCUT2D eigenvalue weighted by Gasteiger charge is 2.37. The Bertz CT molecular complexity index is 217. The van der Waals surface area contributed by atoms with Crippen LogP contribution >= 0.6 is 0 Å². The Kier molecular flexibility index (Phi) is 3.94. The Morgan fingerprint density at radius 1 is 1.25 bits per heavy atom. The SMILES string of the molecule is CC(C)CC1CCCC(NCC2(C)CC2)C1. The minimum absolute atomic E-state index is 0.672. The highest BCUT2D eigenvalue weighted by Crippen LogP contribution is 2.44. The van der Waals surface area contributed by atoms with Crippen LogP contribution in [-0.2, 0) is 0 Å². The molecule has 2 unspecified atom stereocenters. The van der Waals surface area contributed by atoms with Gasteiger partial charge in [0.15, 0.2) is 0 Å². The molecule has 94 valence electrons. The van der Waals surface area contributed by atoms with Gasteiger partial charge in [-0.1, -0.05) is 33.6 Å². The lowest BCUT2D eigenvalue weighted by atomic mass is 9.81. The zero-order valence-corrected chi connectivity index (χ0v) is 11.4. The minimum atomic E-state index is 0.672. The van der Waals surface area contributed by atoms with Crippen molar-refractivity contribution in [3.63, 3.8) is 0 Å². The second kappa shape index (κ2) is 5.08. The van der Waals surface area contributed by atoms with Crippen LogP contribution in [0.15, 0.2) is 0 Å². The van der Waals surface area contributed by atoms with Crippen LogP contribution in [0.3, 0.4) is 0 Å². The largest absolute Gasteiger partial charge is 0.313 e. The third-order valence-corrected chi connectivity index (χ3v) is 4.51. The molecule has 0 bridgehead atoms. The van der Waals surface area contributed by atoms with E-state index in [0.717, 1.165) is 17.9 Å². The van der Waals surface area contributed by atoms with Crippen LogP contribution in [0, 0.1) is 17.3 Å². The van der Waals surface area contributed by atoms with Crippen molar-refractivity contribution in [2.24, 2.45) is 17.3 Å². The molecule has 0 aromatic rings. The van der Waals surface area contributed by atoms with E-state index in [0.29, 0.717) is 5.41 Å². The molecule has 2 fully saturated rings. The van der Waals surface area contributed by atoms with Crippen LogP contribution in [-0.4, -0.2) is 12.6 Å². The third kappa shape index (κ3) is 3.76. The molecule has 2 aliphatic carbocycles. The van der Waals surface area contributed by atoms with Gasteiger partial charge >= 0.3 is 0 Å². The van der Waals surface area contributed by atoms with Gasteiger partial charge < -0.3 is 5.32 Å². The van der Waals surface area contributed by atoms with E-state index in [-0.39, 0.29) is 0 Å². The summed E-state index contributed by atoms with van der Waals surface area (Å²) in [5.74, 6) is 1.88. The zero-order valence-electron chi connectivity index (χ0n) is 11.4. The van der Waals surface area contributed by atoms with E-state index >= 15 is 0 Å².